The summed E-state index contributed by atoms with van der Waals surface area (Å²) in [5.41, 5.74) is 2.94. The molecule has 0 amide bonds. The average molecular weight is 241 g/mol. The fourth-order valence-corrected chi connectivity index (χ4v) is 1.79. The highest BCUT2D eigenvalue weighted by molar-refractivity contribution is 5.54. The van der Waals surface area contributed by atoms with Gasteiger partial charge >= 0.3 is 0 Å². The largest absolute Gasteiger partial charge is 0.255 e. The van der Waals surface area contributed by atoms with Gasteiger partial charge in [0.1, 0.15) is 5.82 Å². The Balaban J connectivity index is 2.46. The van der Waals surface area contributed by atoms with Gasteiger partial charge in [-0.2, -0.15) is 0 Å². The molecule has 0 saturated heterocycles. The van der Waals surface area contributed by atoms with E-state index in [9.17, 15) is 0 Å². The maximum Gasteiger partial charge on any atom is 0.129 e. The molecule has 2 heterocycles. The molecule has 2 aromatic heterocycles. The van der Waals surface area contributed by atoms with Crippen LogP contribution in [0.1, 0.15) is 44.6 Å². The summed E-state index contributed by atoms with van der Waals surface area (Å²) in [5.74, 6) is 1.33. The van der Waals surface area contributed by atoms with E-state index in [-0.39, 0.29) is 0 Å². The van der Waals surface area contributed by atoms with Gasteiger partial charge in [-0.25, -0.2) is 9.97 Å². The number of pyridine rings is 1. The highest BCUT2D eigenvalue weighted by atomic mass is 14.9. The van der Waals surface area contributed by atoms with Crippen LogP contribution in [0.2, 0.25) is 0 Å². The molecule has 0 aliphatic carbocycles. The Labute approximate surface area is 108 Å². The molecule has 0 unspecified atom stereocenters. The first-order chi connectivity index (χ1) is 8.70. The summed E-state index contributed by atoms with van der Waals surface area (Å²) < 4.78 is 0. The van der Waals surface area contributed by atoms with E-state index in [0.29, 0.717) is 5.92 Å². The summed E-state index contributed by atoms with van der Waals surface area (Å²) in [6, 6.07) is 7.94. The lowest BCUT2D eigenvalue weighted by Gasteiger charge is -2.09. The van der Waals surface area contributed by atoms with Crippen LogP contribution in [0.5, 0.6) is 0 Å². The second-order valence-electron chi connectivity index (χ2n) is 4.71. The van der Waals surface area contributed by atoms with Gasteiger partial charge in [0.2, 0.25) is 0 Å². The number of aryl methyl sites for hydroxylation is 1. The SMILES string of the molecule is CCCc1nc(-c2ccccn2)cc(C(C)C)n1. The molecule has 0 aliphatic rings. The molecule has 0 spiro atoms. The molecule has 0 saturated carbocycles. The Morgan fingerprint density at radius 1 is 1.11 bits per heavy atom. The van der Waals surface area contributed by atoms with E-state index >= 15 is 0 Å². The lowest BCUT2D eigenvalue weighted by Crippen LogP contribution is -2.03. The molecule has 0 fully saturated rings. The van der Waals surface area contributed by atoms with Gasteiger partial charge in [-0.3, -0.25) is 4.98 Å². The minimum Gasteiger partial charge on any atom is -0.255 e. The smallest absolute Gasteiger partial charge is 0.129 e. The normalized spacial score (nSPS) is 10.9. The number of hydrogen-bond donors (Lipinski definition) is 0. The Hall–Kier alpha value is -1.77. The van der Waals surface area contributed by atoms with Gasteiger partial charge < -0.3 is 0 Å². The highest BCUT2D eigenvalue weighted by Gasteiger charge is 2.09. The quantitative estimate of drug-likeness (QED) is 0.820. The van der Waals surface area contributed by atoms with Crippen LogP contribution in [0.15, 0.2) is 30.5 Å². The first-order valence-electron chi connectivity index (χ1n) is 6.50. The van der Waals surface area contributed by atoms with Crippen LogP contribution in [-0.2, 0) is 6.42 Å². The summed E-state index contributed by atoms with van der Waals surface area (Å²) in [6.45, 7) is 6.45. The fourth-order valence-electron chi connectivity index (χ4n) is 1.79. The predicted molar refractivity (Wildman–Crippen MR) is 73.3 cm³/mol. The molecule has 94 valence electrons. The molecule has 3 nitrogen and oxygen atoms in total. The number of rotatable bonds is 4. The van der Waals surface area contributed by atoms with Crippen LogP contribution in [0.25, 0.3) is 11.4 Å². The molecule has 0 aliphatic heterocycles. The van der Waals surface area contributed by atoms with Crippen molar-refractivity contribution < 1.29 is 0 Å². The molecular formula is C15H19N3. The van der Waals surface area contributed by atoms with E-state index in [1.807, 2.05) is 24.3 Å². The molecule has 3 heteroatoms. The van der Waals surface area contributed by atoms with Crippen LogP contribution >= 0.6 is 0 Å². The lowest BCUT2D eigenvalue weighted by atomic mass is 10.1. The van der Waals surface area contributed by atoms with E-state index in [1.165, 1.54) is 0 Å². The topological polar surface area (TPSA) is 38.7 Å². The Bertz CT molecular complexity index is 506. The zero-order valence-electron chi connectivity index (χ0n) is 11.2. The van der Waals surface area contributed by atoms with Crippen molar-refractivity contribution in [2.24, 2.45) is 0 Å². The van der Waals surface area contributed by atoms with E-state index in [2.05, 4.69) is 35.7 Å². The van der Waals surface area contributed by atoms with Crippen LogP contribution in [-0.4, -0.2) is 15.0 Å². The van der Waals surface area contributed by atoms with Crippen LogP contribution in [0, 0.1) is 0 Å². The Morgan fingerprint density at radius 3 is 2.56 bits per heavy atom. The van der Waals surface area contributed by atoms with Gasteiger partial charge in [-0.15, -0.1) is 0 Å². The van der Waals surface area contributed by atoms with Gasteiger partial charge in [0.15, 0.2) is 0 Å². The van der Waals surface area contributed by atoms with E-state index in [0.717, 1.165) is 35.7 Å². The zero-order valence-corrected chi connectivity index (χ0v) is 11.2. The molecule has 0 bridgehead atoms. The van der Waals surface area contributed by atoms with Crippen molar-refractivity contribution in [2.45, 2.75) is 39.5 Å². The third-order valence-corrected chi connectivity index (χ3v) is 2.78. The van der Waals surface area contributed by atoms with Crippen molar-refractivity contribution in [3.8, 4) is 11.4 Å². The summed E-state index contributed by atoms with van der Waals surface area (Å²) in [6.07, 6.45) is 3.77. The first-order valence-corrected chi connectivity index (χ1v) is 6.50. The summed E-state index contributed by atoms with van der Waals surface area (Å²) in [4.78, 5) is 13.6. The van der Waals surface area contributed by atoms with Crippen LogP contribution in [0.4, 0.5) is 0 Å². The van der Waals surface area contributed by atoms with E-state index in [4.69, 9.17) is 0 Å². The molecule has 2 aromatic rings. The van der Waals surface area contributed by atoms with Crippen molar-refractivity contribution in [3.63, 3.8) is 0 Å². The molecule has 2 rings (SSSR count). The third-order valence-electron chi connectivity index (χ3n) is 2.78. The van der Waals surface area contributed by atoms with Crippen LogP contribution in [0.3, 0.4) is 0 Å². The predicted octanol–water partition coefficient (Wildman–Crippen LogP) is 3.61. The van der Waals surface area contributed by atoms with Crippen LogP contribution < -0.4 is 0 Å². The maximum atomic E-state index is 4.61. The zero-order chi connectivity index (χ0) is 13.0. The molecular weight excluding hydrogens is 222 g/mol. The van der Waals surface area contributed by atoms with Gasteiger partial charge in [0, 0.05) is 18.3 Å². The van der Waals surface area contributed by atoms with Gasteiger partial charge in [0.05, 0.1) is 11.4 Å². The van der Waals surface area contributed by atoms with Crippen molar-refractivity contribution in [3.05, 3.63) is 42.0 Å². The summed E-state index contributed by atoms with van der Waals surface area (Å²) >= 11 is 0. The maximum absolute atomic E-state index is 4.61. The van der Waals surface area contributed by atoms with Gasteiger partial charge in [-0.1, -0.05) is 26.8 Å². The molecule has 0 atom stereocenters. The van der Waals surface area contributed by atoms with Crippen molar-refractivity contribution >= 4 is 0 Å². The summed E-state index contributed by atoms with van der Waals surface area (Å²) in [7, 11) is 0. The number of nitrogens with zero attached hydrogens (tertiary/aromatic N) is 3. The Kier molecular flexibility index (Phi) is 4.03. The van der Waals surface area contributed by atoms with E-state index in [1.54, 1.807) is 6.20 Å². The third kappa shape index (κ3) is 2.92. The van der Waals surface area contributed by atoms with Crippen molar-refractivity contribution in [2.75, 3.05) is 0 Å². The minimum absolute atomic E-state index is 0.408. The van der Waals surface area contributed by atoms with Gasteiger partial charge in [-0.05, 0) is 30.5 Å². The monoisotopic (exact) mass is 241 g/mol. The van der Waals surface area contributed by atoms with E-state index < -0.39 is 0 Å². The standard InChI is InChI=1S/C15H19N3/c1-4-7-15-17-13(11(2)3)10-14(18-15)12-8-5-6-9-16-12/h5-6,8-11H,4,7H2,1-3H3. The average Bonchev–Trinajstić information content (AvgIpc) is 2.40. The first kappa shape index (κ1) is 12.7. The molecule has 0 N–H and O–H groups in total. The van der Waals surface area contributed by atoms with Gasteiger partial charge in [0.25, 0.3) is 0 Å². The molecule has 0 radical (unpaired) electrons. The lowest BCUT2D eigenvalue weighted by molar-refractivity contribution is 0.765. The molecule has 0 aromatic carbocycles. The van der Waals surface area contributed by atoms with Crippen molar-refractivity contribution in [1.82, 2.24) is 15.0 Å². The highest BCUT2D eigenvalue weighted by Crippen LogP contribution is 2.20. The Morgan fingerprint density at radius 2 is 1.94 bits per heavy atom. The number of hydrogen-bond acceptors (Lipinski definition) is 3. The van der Waals surface area contributed by atoms with Crippen molar-refractivity contribution in [1.29, 1.82) is 0 Å². The number of aromatic nitrogens is 3. The second-order valence-corrected chi connectivity index (χ2v) is 4.71. The molecule has 18 heavy (non-hydrogen) atoms. The second kappa shape index (κ2) is 5.71. The summed E-state index contributed by atoms with van der Waals surface area (Å²) in [5, 5.41) is 0. The minimum atomic E-state index is 0.408. The fraction of sp³-hybridized carbons (Fsp3) is 0.400.